The molecule has 1 amide bonds. The predicted octanol–water partition coefficient (Wildman–Crippen LogP) is 2.90. The minimum Gasteiger partial charge on any atom is -0.481 e. The number of carboxylic acids is 1. The molecule has 0 heterocycles. The Hall–Kier alpha value is -1.84. The number of carboxylic acid groups (broad SMARTS) is 1. The molecule has 1 aliphatic carbocycles. The first kappa shape index (κ1) is 16.5. The highest BCUT2D eigenvalue weighted by molar-refractivity contribution is 5.88. The standard InChI is InChI=1S/C18H25NO3/c1-3-7-14(16(20)21)12-19-17(22)18(2)11-6-9-13-8-4-5-10-15(13)18/h4-5,8,10,14H,3,6-7,9,11-12H2,1-2H3,(H,19,22)(H,20,21). The number of hydrogen-bond donors (Lipinski definition) is 2. The zero-order valence-electron chi connectivity index (χ0n) is 13.4. The van der Waals surface area contributed by atoms with Gasteiger partial charge in [0.2, 0.25) is 5.91 Å². The molecule has 4 heteroatoms. The monoisotopic (exact) mass is 303 g/mol. The number of hydrogen-bond acceptors (Lipinski definition) is 2. The van der Waals surface area contributed by atoms with Crippen LogP contribution in [0.25, 0.3) is 0 Å². The molecule has 2 rings (SSSR count). The van der Waals surface area contributed by atoms with Crippen LogP contribution in [-0.2, 0) is 21.4 Å². The van der Waals surface area contributed by atoms with Gasteiger partial charge >= 0.3 is 5.97 Å². The molecule has 2 unspecified atom stereocenters. The Morgan fingerprint density at radius 2 is 2.09 bits per heavy atom. The van der Waals surface area contributed by atoms with E-state index in [-0.39, 0.29) is 12.5 Å². The van der Waals surface area contributed by atoms with Crippen LogP contribution < -0.4 is 5.32 Å². The second-order valence-corrected chi connectivity index (χ2v) is 6.38. The van der Waals surface area contributed by atoms with Crippen LogP contribution in [-0.4, -0.2) is 23.5 Å². The van der Waals surface area contributed by atoms with Crippen LogP contribution in [0.4, 0.5) is 0 Å². The highest BCUT2D eigenvalue weighted by Gasteiger charge is 2.38. The average Bonchev–Trinajstić information content (AvgIpc) is 2.51. The van der Waals surface area contributed by atoms with E-state index in [1.807, 2.05) is 32.0 Å². The third kappa shape index (κ3) is 3.32. The maximum absolute atomic E-state index is 12.7. The highest BCUT2D eigenvalue weighted by Crippen LogP contribution is 2.37. The Balaban J connectivity index is 2.11. The molecule has 0 saturated carbocycles. The fourth-order valence-corrected chi connectivity index (χ4v) is 3.35. The van der Waals surface area contributed by atoms with E-state index < -0.39 is 17.3 Å². The lowest BCUT2D eigenvalue weighted by Crippen LogP contribution is -2.46. The van der Waals surface area contributed by atoms with Crippen molar-refractivity contribution in [3.05, 3.63) is 35.4 Å². The first-order valence-corrected chi connectivity index (χ1v) is 8.08. The van der Waals surface area contributed by atoms with Gasteiger partial charge in [-0.15, -0.1) is 0 Å². The van der Waals surface area contributed by atoms with Crippen LogP contribution in [0.2, 0.25) is 0 Å². The summed E-state index contributed by atoms with van der Waals surface area (Å²) in [5, 5.41) is 12.1. The summed E-state index contributed by atoms with van der Waals surface area (Å²) in [4.78, 5) is 23.9. The zero-order valence-corrected chi connectivity index (χ0v) is 13.4. The lowest BCUT2D eigenvalue weighted by molar-refractivity contribution is -0.142. The molecule has 0 radical (unpaired) electrons. The fourth-order valence-electron chi connectivity index (χ4n) is 3.35. The smallest absolute Gasteiger partial charge is 0.308 e. The SMILES string of the molecule is CCCC(CNC(=O)C1(C)CCCc2ccccc21)C(=O)O. The van der Waals surface area contributed by atoms with E-state index in [0.29, 0.717) is 6.42 Å². The van der Waals surface area contributed by atoms with Crippen LogP contribution in [0.1, 0.15) is 50.7 Å². The van der Waals surface area contributed by atoms with Crippen LogP contribution in [0.15, 0.2) is 24.3 Å². The van der Waals surface area contributed by atoms with Gasteiger partial charge in [0.1, 0.15) is 0 Å². The largest absolute Gasteiger partial charge is 0.481 e. The lowest BCUT2D eigenvalue weighted by Gasteiger charge is -2.35. The summed E-state index contributed by atoms with van der Waals surface area (Å²) < 4.78 is 0. The van der Waals surface area contributed by atoms with E-state index in [4.69, 9.17) is 0 Å². The second-order valence-electron chi connectivity index (χ2n) is 6.38. The van der Waals surface area contributed by atoms with Gasteiger partial charge in [-0.3, -0.25) is 9.59 Å². The van der Waals surface area contributed by atoms with Crippen LogP contribution in [0.3, 0.4) is 0 Å². The summed E-state index contributed by atoms with van der Waals surface area (Å²) in [7, 11) is 0. The van der Waals surface area contributed by atoms with Gasteiger partial charge in [0.25, 0.3) is 0 Å². The van der Waals surface area contributed by atoms with Crippen molar-refractivity contribution in [2.24, 2.45) is 5.92 Å². The summed E-state index contributed by atoms with van der Waals surface area (Å²) in [6, 6.07) is 8.07. The fraction of sp³-hybridized carbons (Fsp3) is 0.556. The maximum Gasteiger partial charge on any atom is 0.308 e. The number of carbonyl (C=O) groups is 2. The van der Waals surface area contributed by atoms with E-state index in [9.17, 15) is 14.7 Å². The molecule has 0 aliphatic heterocycles. The van der Waals surface area contributed by atoms with Crippen molar-refractivity contribution in [2.75, 3.05) is 6.54 Å². The Morgan fingerprint density at radius 3 is 2.77 bits per heavy atom. The molecule has 1 aromatic carbocycles. The predicted molar refractivity (Wildman–Crippen MR) is 85.8 cm³/mol. The molecular formula is C18H25NO3. The summed E-state index contributed by atoms with van der Waals surface area (Å²) >= 11 is 0. The zero-order chi connectivity index (χ0) is 16.2. The molecule has 4 nitrogen and oxygen atoms in total. The van der Waals surface area contributed by atoms with E-state index >= 15 is 0 Å². The number of nitrogens with one attached hydrogen (secondary N) is 1. The number of aryl methyl sites for hydroxylation is 1. The quantitative estimate of drug-likeness (QED) is 0.849. The first-order valence-electron chi connectivity index (χ1n) is 8.08. The Labute approximate surface area is 131 Å². The minimum absolute atomic E-state index is 0.0537. The minimum atomic E-state index is -0.837. The molecular weight excluding hydrogens is 278 g/mol. The van der Waals surface area contributed by atoms with Crippen LogP contribution >= 0.6 is 0 Å². The van der Waals surface area contributed by atoms with Gasteiger partial charge in [-0.1, -0.05) is 37.6 Å². The molecule has 2 N–H and O–H groups in total. The topological polar surface area (TPSA) is 66.4 Å². The Kier molecular flexibility index (Phi) is 5.22. The van der Waals surface area contributed by atoms with Crippen molar-refractivity contribution >= 4 is 11.9 Å². The Bertz CT molecular complexity index is 555. The molecule has 2 atom stereocenters. The third-order valence-corrected chi connectivity index (χ3v) is 4.73. The number of aliphatic carboxylic acids is 1. The van der Waals surface area contributed by atoms with Gasteiger partial charge in [0.05, 0.1) is 11.3 Å². The number of carbonyl (C=O) groups excluding carboxylic acids is 1. The van der Waals surface area contributed by atoms with Crippen molar-refractivity contribution in [3.63, 3.8) is 0 Å². The van der Waals surface area contributed by atoms with Crippen molar-refractivity contribution in [1.29, 1.82) is 0 Å². The Morgan fingerprint density at radius 1 is 1.36 bits per heavy atom. The van der Waals surface area contributed by atoms with Crippen molar-refractivity contribution in [2.45, 2.75) is 51.4 Å². The normalized spacial score (nSPS) is 21.7. The molecule has 0 saturated heterocycles. The third-order valence-electron chi connectivity index (χ3n) is 4.73. The molecule has 0 aromatic heterocycles. The summed E-state index contributed by atoms with van der Waals surface area (Å²) in [5.41, 5.74) is 1.76. The number of fused-ring (bicyclic) bond motifs is 1. The maximum atomic E-state index is 12.7. The van der Waals surface area contributed by atoms with E-state index in [1.54, 1.807) is 0 Å². The van der Waals surface area contributed by atoms with E-state index in [0.717, 1.165) is 31.2 Å². The van der Waals surface area contributed by atoms with Gasteiger partial charge in [0, 0.05) is 6.54 Å². The van der Waals surface area contributed by atoms with Crippen LogP contribution in [0.5, 0.6) is 0 Å². The molecule has 0 fully saturated rings. The average molecular weight is 303 g/mol. The highest BCUT2D eigenvalue weighted by atomic mass is 16.4. The summed E-state index contributed by atoms with van der Waals surface area (Å²) in [6.07, 6.45) is 4.18. The van der Waals surface area contributed by atoms with Gasteiger partial charge < -0.3 is 10.4 Å². The van der Waals surface area contributed by atoms with Crippen molar-refractivity contribution < 1.29 is 14.7 Å². The molecule has 22 heavy (non-hydrogen) atoms. The molecule has 120 valence electrons. The second kappa shape index (κ2) is 6.95. The van der Waals surface area contributed by atoms with E-state index in [1.165, 1.54) is 5.56 Å². The van der Waals surface area contributed by atoms with E-state index in [2.05, 4.69) is 11.4 Å². The van der Waals surface area contributed by atoms with Gasteiger partial charge in [0.15, 0.2) is 0 Å². The molecule has 0 bridgehead atoms. The number of rotatable bonds is 6. The first-order chi connectivity index (χ1) is 10.5. The number of amides is 1. The molecule has 1 aromatic rings. The summed E-state index contributed by atoms with van der Waals surface area (Å²) in [5.74, 6) is -1.39. The lowest BCUT2D eigenvalue weighted by atomic mass is 9.70. The van der Waals surface area contributed by atoms with Gasteiger partial charge in [-0.25, -0.2) is 0 Å². The van der Waals surface area contributed by atoms with Crippen LogP contribution in [0, 0.1) is 5.92 Å². The van der Waals surface area contributed by atoms with Crippen molar-refractivity contribution in [1.82, 2.24) is 5.32 Å². The number of benzene rings is 1. The molecule has 0 spiro atoms. The van der Waals surface area contributed by atoms with Gasteiger partial charge in [-0.05, 0) is 43.7 Å². The summed E-state index contributed by atoms with van der Waals surface area (Å²) in [6.45, 7) is 4.13. The van der Waals surface area contributed by atoms with Crippen molar-refractivity contribution in [3.8, 4) is 0 Å². The molecule has 1 aliphatic rings. The van der Waals surface area contributed by atoms with Gasteiger partial charge in [-0.2, -0.15) is 0 Å².